The first-order chi connectivity index (χ1) is 12.0. The maximum atomic E-state index is 12.3. The molecule has 2 aromatic rings. The molecule has 0 radical (unpaired) electrons. The number of halogens is 1. The molecule has 0 aliphatic heterocycles. The third kappa shape index (κ3) is 5.82. The summed E-state index contributed by atoms with van der Waals surface area (Å²) in [7, 11) is 0. The lowest BCUT2D eigenvalue weighted by Gasteiger charge is -2.08. The number of anilines is 1. The number of unbranched alkanes of at least 4 members (excludes halogenated alkanes) is 2. The average Bonchev–Trinajstić information content (AvgIpc) is 2.60. The summed E-state index contributed by atoms with van der Waals surface area (Å²) >= 11 is 4.82. The zero-order valence-corrected chi connectivity index (χ0v) is 16.1. The van der Waals surface area contributed by atoms with Crippen LogP contribution in [0.25, 0.3) is 0 Å². The molecule has 1 heterocycles. The van der Waals surface area contributed by atoms with Crippen LogP contribution in [-0.2, 0) is 0 Å². The van der Waals surface area contributed by atoms with Gasteiger partial charge in [-0.25, -0.2) is 14.8 Å². The number of nitrogens with one attached hydrogen (secondary N) is 1. The van der Waals surface area contributed by atoms with Crippen molar-refractivity contribution in [1.29, 1.82) is 0 Å². The smallest absolute Gasteiger partial charge is 0.337 e. The molecule has 0 aliphatic carbocycles. The van der Waals surface area contributed by atoms with Gasteiger partial charge in [0.25, 0.3) is 5.91 Å². The van der Waals surface area contributed by atoms with E-state index >= 15 is 0 Å². The van der Waals surface area contributed by atoms with Crippen molar-refractivity contribution >= 4 is 45.3 Å². The molecule has 132 valence electrons. The van der Waals surface area contributed by atoms with Crippen molar-refractivity contribution in [2.45, 2.75) is 31.2 Å². The van der Waals surface area contributed by atoms with Crippen molar-refractivity contribution < 1.29 is 14.7 Å². The van der Waals surface area contributed by atoms with Gasteiger partial charge in [-0.15, -0.1) is 11.8 Å². The van der Waals surface area contributed by atoms with E-state index in [0.717, 1.165) is 17.2 Å². The first-order valence-electron chi connectivity index (χ1n) is 7.80. The topological polar surface area (TPSA) is 92.2 Å². The van der Waals surface area contributed by atoms with Gasteiger partial charge in [-0.3, -0.25) is 4.79 Å². The Bertz CT molecular complexity index is 753. The molecule has 8 heteroatoms. The van der Waals surface area contributed by atoms with Gasteiger partial charge in [0.1, 0.15) is 10.7 Å². The number of aromatic carboxylic acids is 1. The number of carbonyl (C=O) groups is 2. The van der Waals surface area contributed by atoms with Crippen molar-refractivity contribution in [1.82, 2.24) is 9.97 Å². The summed E-state index contributed by atoms with van der Waals surface area (Å²) in [5.41, 5.74) is 0.344. The summed E-state index contributed by atoms with van der Waals surface area (Å²) in [5, 5.41) is 12.6. The molecule has 0 aliphatic rings. The van der Waals surface area contributed by atoms with E-state index in [1.54, 1.807) is 24.0 Å². The van der Waals surface area contributed by atoms with Gasteiger partial charge in [-0.2, -0.15) is 0 Å². The monoisotopic (exact) mass is 423 g/mol. The number of carboxylic acids is 1. The second-order valence-corrected chi connectivity index (χ2v) is 7.28. The lowest BCUT2D eigenvalue weighted by atomic mass is 10.2. The van der Waals surface area contributed by atoms with E-state index in [4.69, 9.17) is 0 Å². The van der Waals surface area contributed by atoms with Crippen LogP contribution in [-0.4, -0.2) is 32.7 Å². The number of carboxylic acid groups (broad SMARTS) is 1. The number of thioether (sulfide) groups is 1. The van der Waals surface area contributed by atoms with Crippen LogP contribution in [0.2, 0.25) is 0 Å². The molecule has 1 amide bonds. The highest BCUT2D eigenvalue weighted by Crippen LogP contribution is 2.22. The Morgan fingerprint density at radius 2 is 2.04 bits per heavy atom. The Morgan fingerprint density at radius 1 is 1.24 bits per heavy atom. The summed E-state index contributed by atoms with van der Waals surface area (Å²) in [6.45, 7) is 2.15. The summed E-state index contributed by atoms with van der Waals surface area (Å²) in [4.78, 5) is 31.9. The molecule has 6 nitrogen and oxygen atoms in total. The highest BCUT2D eigenvalue weighted by atomic mass is 79.9. The summed E-state index contributed by atoms with van der Waals surface area (Å²) in [6.07, 6.45) is 6.42. The highest BCUT2D eigenvalue weighted by molar-refractivity contribution is 9.10. The van der Waals surface area contributed by atoms with Crippen LogP contribution >= 0.6 is 27.7 Å². The molecule has 0 unspecified atom stereocenters. The fourth-order valence-electron chi connectivity index (χ4n) is 2.03. The van der Waals surface area contributed by atoms with Gasteiger partial charge < -0.3 is 10.4 Å². The van der Waals surface area contributed by atoms with Crippen LogP contribution in [0.1, 0.15) is 47.0 Å². The molecule has 2 rings (SSSR count). The minimum atomic E-state index is -1.12. The largest absolute Gasteiger partial charge is 0.478 e. The van der Waals surface area contributed by atoms with Crippen LogP contribution in [0.4, 0.5) is 5.69 Å². The number of nitrogens with zero attached hydrogens (tertiary/aromatic N) is 2. The van der Waals surface area contributed by atoms with Crippen molar-refractivity contribution in [3.05, 3.63) is 46.3 Å². The summed E-state index contributed by atoms with van der Waals surface area (Å²) in [5.74, 6) is -0.657. The number of benzene rings is 1. The van der Waals surface area contributed by atoms with E-state index in [1.165, 1.54) is 31.2 Å². The van der Waals surface area contributed by atoms with Gasteiger partial charge >= 0.3 is 5.97 Å². The predicted molar refractivity (Wildman–Crippen MR) is 101 cm³/mol. The fourth-order valence-corrected chi connectivity index (χ4v) is 3.20. The number of hydrogen-bond acceptors (Lipinski definition) is 5. The van der Waals surface area contributed by atoms with Gasteiger partial charge in [0, 0.05) is 4.47 Å². The molecule has 0 atom stereocenters. The first kappa shape index (κ1) is 19.4. The Hall–Kier alpha value is -1.93. The second-order valence-electron chi connectivity index (χ2n) is 5.24. The maximum absolute atomic E-state index is 12.3. The molecule has 1 aromatic carbocycles. The zero-order valence-electron chi connectivity index (χ0n) is 13.7. The maximum Gasteiger partial charge on any atom is 0.337 e. The van der Waals surface area contributed by atoms with Crippen LogP contribution in [0.5, 0.6) is 0 Å². The molecule has 2 N–H and O–H groups in total. The summed E-state index contributed by atoms with van der Waals surface area (Å²) in [6, 6.07) is 4.61. The fraction of sp³-hybridized carbons (Fsp3) is 0.294. The zero-order chi connectivity index (χ0) is 18.2. The lowest BCUT2D eigenvalue weighted by Crippen LogP contribution is -2.16. The molecule has 0 saturated carbocycles. The number of carbonyl (C=O) groups excluding carboxylic acids is 1. The van der Waals surface area contributed by atoms with Gasteiger partial charge in [-0.05, 0) is 30.4 Å². The van der Waals surface area contributed by atoms with Gasteiger partial charge in [0.15, 0.2) is 0 Å². The Kier molecular flexibility index (Phi) is 7.39. The quantitative estimate of drug-likeness (QED) is 0.480. The van der Waals surface area contributed by atoms with Crippen LogP contribution < -0.4 is 5.32 Å². The molecule has 25 heavy (non-hydrogen) atoms. The van der Waals surface area contributed by atoms with E-state index in [1.807, 2.05) is 0 Å². The lowest BCUT2D eigenvalue weighted by molar-refractivity contribution is 0.0698. The van der Waals surface area contributed by atoms with E-state index < -0.39 is 11.9 Å². The third-order valence-corrected chi connectivity index (χ3v) is 4.81. The molecular formula is C17H18BrN3O3S. The van der Waals surface area contributed by atoms with Gasteiger partial charge in [-0.1, -0.05) is 35.7 Å². The number of hydrogen-bond donors (Lipinski definition) is 2. The van der Waals surface area contributed by atoms with Crippen molar-refractivity contribution in [2.75, 3.05) is 11.1 Å². The van der Waals surface area contributed by atoms with Crippen molar-refractivity contribution in [2.24, 2.45) is 0 Å². The Balaban J connectivity index is 2.03. The first-order valence-corrected chi connectivity index (χ1v) is 9.58. The van der Waals surface area contributed by atoms with Crippen LogP contribution in [0.3, 0.4) is 0 Å². The van der Waals surface area contributed by atoms with E-state index in [9.17, 15) is 14.7 Å². The summed E-state index contributed by atoms with van der Waals surface area (Å²) < 4.78 is 0.618. The van der Waals surface area contributed by atoms with Crippen LogP contribution in [0, 0.1) is 0 Å². The predicted octanol–water partition coefficient (Wildman–Crippen LogP) is 4.47. The molecular weight excluding hydrogens is 406 g/mol. The molecule has 0 spiro atoms. The molecule has 0 saturated heterocycles. The van der Waals surface area contributed by atoms with Crippen molar-refractivity contribution in [3.63, 3.8) is 0 Å². The number of rotatable bonds is 8. The van der Waals surface area contributed by atoms with E-state index in [0.29, 0.717) is 4.47 Å². The normalized spacial score (nSPS) is 10.5. The van der Waals surface area contributed by atoms with Crippen LogP contribution in [0.15, 0.2) is 40.1 Å². The van der Waals surface area contributed by atoms with E-state index in [-0.39, 0.29) is 16.9 Å². The molecule has 0 bridgehead atoms. The number of aromatic nitrogens is 2. The second kappa shape index (κ2) is 9.53. The SMILES string of the molecule is CCCCCSc1cnc(C(=O)Nc2ccc(Br)cc2C(=O)O)cn1. The Morgan fingerprint density at radius 3 is 2.68 bits per heavy atom. The van der Waals surface area contributed by atoms with Gasteiger partial charge in [0.2, 0.25) is 0 Å². The molecule has 0 fully saturated rings. The van der Waals surface area contributed by atoms with Gasteiger partial charge in [0.05, 0.1) is 23.6 Å². The van der Waals surface area contributed by atoms with Crippen molar-refractivity contribution in [3.8, 4) is 0 Å². The average molecular weight is 424 g/mol. The standard InChI is InChI=1S/C17H18BrN3O3S/c1-2-3-4-7-25-15-10-19-14(9-20-15)16(22)21-13-6-5-11(18)8-12(13)17(23)24/h5-6,8-10H,2-4,7H2,1H3,(H,21,22)(H,23,24). The molecule has 1 aromatic heterocycles. The third-order valence-electron chi connectivity index (χ3n) is 3.32. The number of amides is 1. The minimum absolute atomic E-state index is 0.00113. The van der Waals surface area contributed by atoms with E-state index in [2.05, 4.69) is 38.1 Å². The minimum Gasteiger partial charge on any atom is -0.478 e. The Labute approximate surface area is 158 Å². The highest BCUT2D eigenvalue weighted by Gasteiger charge is 2.15.